The summed E-state index contributed by atoms with van der Waals surface area (Å²) in [5.74, 6) is 0.456. The first-order valence-electron chi connectivity index (χ1n) is 10.7. The lowest BCUT2D eigenvalue weighted by molar-refractivity contribution is 0.819. The van der Waals surface area contributed by atoms with Crippen molar-refractivity contribution in [3.63, 3.8) is 0 Å². The maximum Gasteiger partial charge on any atom is 0.267 e. The summed E-state index contributed by atoms with van der Waals surface area (Å²) in [6, 6.07) is 9.52. The zero-order chi connectivity index (χ0) is 22.7. The molecule has 0 aliphatic heterocycles. The summed E-state index contributed by atoms with van der Waals surface area (Å²) in [5, 5.41) is 3.33. The SMILES string of the molecule is Cc1ccc(-n2c(SCc3cc(=O)n4c(C)csc4n3)nc3sc4c(c3c2=O)CCC4)cc1. The highest BCUT2D eigenvalue weighted by Crippen LogP contribution is 2.36. The minimum atomic E-state index is -0.0802. The van der Waals surface area contributed by atoms with Gasteiger partial charge in [0.15, 0.2) is 10.1 Å². The number of thiophene rings is 1. The van der Waals surface area contributed by atoms with Crippen LogP contribution in [0.1, 0.15) is 33.8 Å². The number of benzene rings is 1. The predicted molar refractivity (Wildman–Crippen MR) is 136 cm³/mol. The number of hydrogen-bond donors (Lipinski definition) is 0. The van der Waals surface area contributed by atoms with Crippen LogP contribution in [-0.2, 0) is 18.6 Å². The van der Waals surface area contributed by atoms with E-state index in [0.29, 0.717) is 21.6 Å². The van der Waals surface area contributed by atoms with E-state index in [1.54, 1.807) is 26.4 Å². The van der Waals surface area contributed by atoms with Crippen molar-refractivity contribution in [3.8, 4) is 5.69 Å². The van der Waals surface area contributed by atoms with E-state index in [4.69, 9.17) is 4.98 Å². The summed E-state index contributed by atoms with van der Waals surface area (Å²) < 4.78 is 3.34. The minimum Gasteiger partial charge on any atom is -0.269 e. The van der Waals surface area contributed by atoms with Crippen LogP contribution in [0, 0.1) is 13.8 Å². The first kappa shape index (κ1) is 20.8. The van der Waals surface area contributed by atoms with Gasteiger partial charge in [0.1, 0.15) is 4.83 Å². The Morgan fingerprint density at radius 1 is 1.09 bits per heavy atom. The predicted octanol–water partition coefficient (Wildman–Crippen LogP) is 4.91. The van der Waals surface area contributed by atoms with Crippen molar-refractivity contribution in [2.45, 2.75) is 44.0 Å². The monoisotopic (exact) mass is 492 g/mol. The molecule has 33 heavy (non-hydrogen) atoms. The summed E-state index contributed by atoms with van der Waals surface area (Å²) in [5.41, 5.74) is 4.60. The fraction of sp³-hybridized carbons (Fsp3) is 0.250. The molecule has 0 spiro atoms. The number of thioether (sulfide) groups is 1. The van der Waals surface area contributed by atoms with Gasteiger partial charge in [-0.1, -0.05) is 29.5 Å². The molecule has 0 radical (unpaired) electrons. The van der Waals surface area contributed by atoms with Crippen molar-refractivity contribution in [1.82, 2.24) is 18.9 Å². The number of aromatic nitrogens is 4. The first-order chi connectivity index (χ1) is 16.0. The molecule has 0 saturated heterocycles. The number of hydrogen-bond acceptors (Lipinski definition) is 7. The van der Waals surface area contributed by atoms with Crippen LogP contribution in [0.25, 0.3) is 20.9 Å². The maximum atomic E-state index is 13.7. The van der Waals surface area contributed by atoms with Gasteiger partial charge in [0.05, 0.1) is 16.8 Å². The molecule has 1 aromatic carbocycles. The van der Waals surface area contributed by atoms with Gasteiger partial charge >= 0.3 is 0 Å². The third-order valence-electron chi connectivity index (χ3n) is 5.98. The maximum absolute atomic E-state index is 13.7. The molecule has 0 unspecified atom stereocenters. The summed E-state index contributed by atoms with van der Waals surface area (Å²) in [7, 11) is 0. The Morgan fingerprint density at radius 3 is 2.73 bits per heavy atom. The van der Waals surface area contributed by atoms with Gasteiger partial charge in [0.25, 0.3) is 11.1 Å². The zero-order valence-corrected chi connectivity index (χ0v) is 20.6. The molecule has 4 aromatic heterocycles. The molecular formula is C24H20N4O2S3. The second-order valence-corrected chi connectivity index (χ2v) is 11.1. The van der Waals surface area contributed by atoms with Gasteiger partial charge in [-0.3, -0.25) is 18.6 Å². The van der Waals surface area contributed by atoms with Crippen molar-refractivity contribution in [2.24, 2.45) is 0 Å². The molecule has 0 atom stereocenters. The molecule has 4 heterocycles. The summed E-state index contributed by atoms with van der Waals surface area (Å²) in [4.78, 5) is 38.7. The number of nitrogens with zero attached hydrogens (tertiary/aromatic N) is 4. The minimum absolute atomic E-state index is 0.0110. The van der Waals surface area contributed by atoms with Gasteiger partial charge in [0.2, 0.25) is 0 Å². The third-order valence-corrected chi connectivity index (χ3v) is 9.08. The van der Waals surface area contributed by atoms with Gasteiger partial charge in [-0.2, -0.15) is 0 Å². The number of thiazole rings is 1. The highest BCUT2D eigenvalue weighted by atomic mass is 32.2. The van der Waals surface area contributed by atoms with Gasteiger partial charge in [-0.25, -0.2) is 9.97 Å². The van der Waals surface area contributed by atoms with Crippen molar-refractivity contribution < 1.29 is 0 Å². The highest BCUT2D eigenvalue weighted by molar-refractivity contribution is 7.98. The van der Waals surface area contributed by atoms with Crippen LogP contribution >= 0.6 is 34.4 Å². The summed E-state index contributed by atoms with van der Waals surface area (Å²) in [6.45, 7) is 3.93. The molecule has 1 aliphatic carbocycles. The quantitative estimate of drug-likeness (QED) is 0.263. The van der Waals surface area contributed by atoms with E-state index in [0.717, 1.165) is 46.4 Å². The van der Waals surface area contributed by atoms with E-state index in [1.807, 2.05) is 43.5 Å². The van der Waals surface area contributed by atoms with Gasteiger partial charge in [0, 0.05) is 27.8 Å². The molecule has 1 aliphatic rings. The average molecular weight is 493 g/mol. The first-order valence-corrected chi connectivity index (χ1v) is 13.4. The van der Waals surface area contributed by atoms with Crippen LogP contribution in [0.2, 0.25) is 0 Å². The van der Waals surface area contributed by atoms with Gasteiger partial charge < -0.3 is 0 Å². The molecule has 0 bridgehead atoms. The second kappa shape index (κ2) is 7.93. The highest BCUT2D eigenvalue weighted by Gasteiger charge is 2.24. The molecule has 5 aromatic rings. The second-order valence-electron chi connectivity index (χ2n) is 8.28. The van der Waals surface area contributed by atoms with Crippen molar-refractivity contribution in [1.29, 1.82) is 0 Å². The number of fused-ring (bicyclic) bond motifs is 4. The largest absolute Gasteiger partial charge is 0.269 e. The molecule has 6 rings (SSSR count). The molecule has 0 fully saturated rings. The van der Waals surface area contributed by atoms with Crippen molar-refractivity contribution in [3.05, 3.63) is 83.8 Å². The van der Waals surface area contributed by atoms with E-state index in [1.165, 1.54) is 33.5 Å². The van der Waals surface area contributed by atoms with Crippen LogP contribution in [0.4, 0.5) is 0 Å². The van der Waals surface area contributed by atoms with E-state index >= 15 is 0 Å². The molecule has 0 saturated carbocycles. The number of rotatable bonds is 4. The van der Waals surface area contributed by atoms with Crippen LogP contribution in [-0.4, -0.2) is 18.9 Å². The lowest BCUT2D eigenvalue weighted by Gasteiger charge is -2.13. The molecule has 6 nitrogen and oxygen atoms in total. The molecule has 0 N–H and O–H groups in total. The van der Waals surface area contributed by atoms with Crippen molar-refractivity contribution >= 4 is 49.6 Å². The summed E-state index contributed by atoms with van der Waals surface area (Å²) in [6.07, 6.45) is 3.07. The Hall–Kier alpha value is -2.75. The third kappa shape index (κ3) is 3.46. The topological polar surface area (TPSA) is 69.3 Å². The molecule has 0 amide bonds. The Labute approximate surface area is 201 Å². The van der Waals surface area contributed by atoms with Crippen LogP contribution in [0.5, 0.6) is 0 Å². The normalized spacial score (nSPS) is 13.3. The molecule has 166 valence electrons. The van der Waals surface area contributed by atoms with Crippen LogP contribution < -0.4 is 11.1 Å². The van der Waals surface area contributed by atoms with Gasteiger partial charge in [-0.15, -0.1) is 22.7 Å². The number of aryl methyl sites for hydroxylation is 4. The average Bonchev–Trinajstić information content (AvgIpc) is 3.48. The van der Waals surface area contributed by atoms with Crippen molar-refractivity contribution in [2.75, 3.05) is 0 Å². The Kier molecular flexibility index (Phi) is 5.01. The lowest BCUT2D eigenvalue weighted by atomic mass is 10.2. The Morgan fingerprint density at radius 2 is 1.91 bits per heavy atom. The standard InChI is InChI=1S/C24H20N4O2S3/c1-13-6-8-16(9-7-13)28-22(30)20-17-4-3-5-18(17)33-21(20)26-24(28)32-12-15-10-19(29)27-14(2)11-31-23(27)25-15/h6-11H,3-5,12H2,1-2H3. The zero-order valence-electron chi connectivity index (χ0n) is 18.1. The Balaban J connectivity index is 1.47. The van der Waals surface area contributed by atoms with E-state index in [2.05, 4.69) is 4.98 Å². The van der Waals surface area contributed by atoms with E-state index in [-0.39, 0.29) is 11.1 Å². The van der Waals surface area contributed by atoms with Gasteiger partial charge in [-0.05, 0) is 50.8 Å². The fourth-order valence-corrected chi connectivity index (χ4v) is 7.45. The smallest absolute Gasteiger partial charge is 0.267 e. The molecular weight excluding hydrogens is 472 g/mol. The van der Waals surface area contributed by atoms with Crippen LogP contribution in [0.15, 0.2) is 50.5 Å². The molecule has 9 heteroatoms. The van der Waals surface area contributed by atoms with E-state index < -0.39 is 0 Å². The Bertz CT molecular complexity index is 1660. The van der Waals surface area contributed by atoms with E-state index in [9.17, 15) is 9.59 Å². The fourth-order valence-electron chi connectivity index (χ4n) is 4.36. The lowest BCUT2D eigenvalue weighted by Crippen LogP contribution is -2.22. The summed E-state index contributed by atoms with van der Waals surface area (Å²) >= 11 is 4.55. The van der Waals surface area contributed by atoms with Crippen LogP contribution in [0.3, 0.4) is 0 Å².